The van der Waals surface area contributed by atoms with E-state index in [0.717, 1.165) is 74.2 Å². The van der Waals surface area contributed by atoms with Crippen molar-refractivity contribution in [1.29, 1.82) is 0 Å². The Hall–Kier alpha value is -1.69. The van der Waals surface area contributed by atoms with E-state index in [0.29, 0.717) is 18.8 Å². The first-order chi connectivity index (χ1) is 14.1. The molecule has 5 rings (SSSR count). The molecule has 0 bridgehead atoms. The van der Waals surface area contributed by atoms with Crippen molar-refractivity contribution in [2.45, 2.75) is 64.2 Å². The number of amides is 2. The minimum Gasteiger partial charge on any atom is -0.352 e. The van der Waals surface area contributed by atoms with Crippen molar-refractivity contribution < 1.29 is 14.4 Å². The predicted molar refractivity (Wildman–Crippen MR) is 112 cm³/mol. The summed E-state index contributed by atoms with van der Waals surface area (Å²) in [5, 5.41) is 3.12. The number of carbonyl (C=O) groups is 3. The van der Waals surface area contributed by atoms with E-state index >= 15 is 0 Å². The Bertz CT molecular complexity index is 831. The summed E-state index contributed by atoms with van der Waals surface area (Å²) in [4.78, 5) is 42.8. The molecule has 0 spiro atoms. The summed E-state index contributed by atoms with van der Waals surface area (Å²) < 4.78 is 0. The molecular weight excluding hydrogens is 384 g/mol. The quantitative estimate of drug-likeness (QED) is 0.745. The molecule has 6 heteroatoms. The fraction of sp³-hybridized carbons (Fsp3) is 0.696. The van der Waals surface area contributed by atoms with Gasteiger partial charge in [-0.15, -0.1) is 11.3 Å². The Morgan fingerprint density at radius 1 is 1.00 bits per heavy atom. The SMILES string of the molecule is O=C(NCC1CC1)c1c(CC(=O)C2CC2)sc2c1CC(C(=O)N1CCCC1)CC2. The van der Waals surface area contributed by atoms with Gasteiger partial charge in [0.2, 0.25) is 5.91 Å². The molecule has 1 saturated heterocycles. The smallest absolute Gasteiger partial charge is 0.252 e. The van der Waals surface area contributed by atoms with Gasteiger partial charge in [-0.3, -0.25) is 14.4 Å². The summed E-state index contributed by atoms with van der Waals surface area (Å²) in [5.74, 6) is 1.33. The zero-order valence-electron chi connectivity index (χ0n) is 17.0. The number of ketones is 1. The van der Waals surface area contributed by atoms with Gasteiger partial charge in [-0.2, -0.15) is 0 Å². The summed E-state index contributed by atoms with van der Waals surface area (Å²) in [7, 11) is 0. The van der Waals surface area contributed by atoms with Crippen LogP contribution in [0.3, 0.4) is 0 Å². The maximum atomic E-state index is 13.1. The zero-order chi connectivity index (χ0) is 20.0. The Morgan fingerprint density at radius 3 is 2.45 bits per heavy atom. The molecule has 1 aliphatic heterocycles. The Morgan fingerprint density at radius 2 is 1.76 bits per heavy atom. The van der Waals surface area contributed by atoms with Crippen LogP contribution in [-0.4, -0.2) is 42.1 Å². The van der Waals surface area contributed by atoms with E-state index in [2.05, 4.69) is 5.32 Å². The van der Waals surface area contributed by atoms with Gasteiger partial charge >= 0.3 is 0 Å². The number of nitrogens with one attached hydrogen (secondary N) is 1. The minimum absolute atomic E-state index is 0.0165. The monoisotopic (exact) mass is 414 g/mol. The van der Waals surface area contributed by atoms with Crippen LogP contribution in [0.2, 0.25) is 0 Å². The normalized spacial score (nSPS) is 23.7. The summed E-state index contributed by atoms with van der Waals surface area (Å²) in [6.07, 6.45) is 9.35. The molecule has 1 aromatic heterocycles. The average Bonchev–Trinajstić information content (AvgIpc) is 3.64. The topological polar surface area (TPSA) is 66.5 Å². The molecule has 5 nitrogen and oxygen atoms in total. The molecule has 3 aliphatic carbocycles. The van der Waals surface area contributed by atoms with E-state index in [-0.39, 0.29) is 29.4 Å². The van der Waals surface area contributed by atoms with Crippen LogP contribution >= 0.6 is 11.3 Å². The lowest BCUT2D eigenvalue weighted by Gasteiger charge is -2.26. The molecule has 1 unspecified atom stereocenters. The van der Waals surface area contributed by atoms with Crippen molar-refractivity contribution in [2.75, 3.05) is 19.6 Å². The lowest BCUT2D eigenvalue weighted by molar-refractivity contribution is -0.134. The molecule has 1 aromatic rings. The fourth-order valence-electron chi connectivity index (χ4n) is 4.79. The molecule has 0 aromatic carbocycles. The van der Waals surface area contributed by atoms with Gasteiger partial charge < -0.3 is 10.2 Å². The van der Waals surface area contributed by atoms with Crippen molar-refractivity contribution >= 4 is 28.9 Å². The van der Waals surface area contributed by atoms with E-state index in [9.17, 15) is 14.4 Å². The molecule has 1 N–H and O–H groups in total. The van der Waals surface area contributed by atoms with Crippen molar-refractivity contribution in [1.82, 2.24) is 10.2 Å². The second kappa shape index (κ2) is 7.86. The van der Waals surface area contributed by atoms with E-state index in [4.69, 9.17) is 0 Å². The number of likely N-dealkylation sites (tertiary alicyclic amines) is 1. The highest BCUT2D eigenvalue weighted by atomic mass is 32.1. The first-order valence-corrected chi connectivity index (χ1v) is 12.1. The Kier molecular flexibility index (Phi) is 5.23. The van der Waals surface area contributed by atoms with Gasteiger partial charge in [0.05, 0.1) is 5.56 Å². The first-order valence-electron chi connectivity index (χ1n) is 11.3. The summed E-state index contributed by atoms with van der Waals surface area (Å²) in [6.45, 7) is 2.49. The van der Waals surface area contributed by atoms with Gasteiger partial charge in [-0.1, -0.05) is 0 Å². The highest BCUT2D eigenvalue weighted by Crippen LogP contribution is 2.39. The number of hydrogen-bond donors (Lipinski definition) is 1. The van der Waals surface area contributed by atoms with Gasteiger partial charge in [0, 0.05) is 47.6 Å². The van der Waals surface area contributed by atoms with Crippen molar-refractivity contribution in [2.24, 2.45) is 17.8 Å². The molecule has 0 radical (unpaired) electrons. The van der Waals surface area contributed by atoms with Gasteiger partial charge in [-0.25, -0.2) is 0 Å². The Balaban J connectivity index is 1.39. The second-order valence-corrected chi connectivity index (χ2v) is 10.5. The number of hydrogen-bond acceptors (Lipinski definition) is 4. The van der Waals surface area contributed by atoms with E-state index < -0.39 is 0 Å². The molecular formula is C23H30N2O3S. The fourth-order valence-corrected chi connectivity index (χ4v) is 6.15. The largest absolute Gasteiger partial charge is 0.352 e. The van der Waals surface area contributed by atoms with Crippen LogP contribution in [0.1, 0.15) is 70.6 Å². The van der Waals surface area contributed by atoms with Gasteiger partial charge in [0.15, 0.2) is 0 Å². The number of nitrogens with zero attached hydrogens (tertiary/aromatic N) is 1. The molecule has 2 heterocycles. The van der Waals surface area contributed by atoms with Crippen molar-refractivity contribution in [3.63, 3.8) is 0 Å². The predicted octanol–water partition coefficient (Wildman–Crippen LogP) is 3.14. The molecule has 2 saturated carbocycles. The average molecular weight is 415 g/mol. The van der Waals surface area contributed by atoms with Gasteiger partial charge in [0.25, 0.3) is 5.91 Å². The van der Waals surface area contributed by atoms with Crippen LogP contribution in [0.4, 0.5) is 0 Å². The van der Waals surface area contributed by atoms with Crippen LogP contribution in [0, 0.1) is 17.8 Å². The molecule has 2 amide bonds. The zero-order valence-corrected chi connectivity index (χ0v) is 17.8. The number of aryl methyl sites for hydroxylation is 1. The number of rotatable bonds is 7. The molecule has 156 valence electrons. The number of carbonyl (C=O) groups excluding carboxylic acids is 3. The Labute approximate surface area is 176 Å². The van der Waals surface area contributed by atoms with Crippen molar-refractivity contribution in [3.8, 4) is 0 Å². The van der Waals surface area contributed by atoms with Gasteiger partial charge in [-0.05, 0) is 69.3 Å². The summed E-state index contributed by atoms with van der Waals surface area (Å²) >= 11 is 1.65. The maximum Gasteiger partial charge on any atom is 0.252 e. The maximum absolute atomic E-state index is 13.1. The second-order valence-electron chi connectivity index (χ2n) is 9.34. The van der Waals surface area contributed by atoms with Crippen LogP contribution in [-0.2, 0) is 28.9 Å². The molecule has 4 aliphatic rings. The number of fused-ring (bicyclic) bond motifs is 1. The molecule has 3 fully saturated rings. The van der Waals surface area contributed by atoms with E-state index in [1.807, 2.05) is 4.90 Å². The van der Waals surface area contributed by atoms with Crippen LogP contribution < -0.4 is 5.32 Å². The van der Waals surface area contributed by atoms with E-state index in [1.54, 1.807) is 11.3 Å². The number of Topliss-reactive ketones (excluding diaryl/α,β-unsaturated/α-hetero) is 1. The third-order valence-electron chi connectivity index (χ3n) is 6.94. The third-order valence-corrected chi connectivity index (χ3v) is 8.24. The first kappa shape index (κ1) is 19.3. The van der Waals surface area contributed by atoms with Crippen LogP contribution in [0.25, 0.3) is 0 Å². The summed E-state index contributed by atoms with van der Waals surface area (Å²) in [5.41, 5.74) is 1.80. The highest BCUT2D eigenvalue weighted by molar-refractivity contribution is 7.12. The highest BCUT2D eigenvalue weighted by Gasteiger charge is 2.36. The summed E-state index contributed by atoms with van der Waals surface area (Å²) in [6, 6.07) is 0. The van der Waals surface area contributed by atoms with Crippen molar-refractivity contribution in [3.05, 3.63) is 20.9 Å². The molecule has 1 atom stereocenters. The minimum atomic E-state index is -0.0257. The van der Waals surface area contributed by atoms with Crippen LogP contribution in [0.5, 0.6) is 0 Å². The standard InChI is InChI=1S/C23H30N2O3S/c26-18(15-5-6-15)12-20-21(22(27)24-13-14-3-4-14)17-11-16(7-8-19(17)29-20)23(28)25-9-1-2-10-25/h14-16H,1-13H2,(H,24,27). The molecule has 29 heavy (non-hydrogen) atoms. The van der Waals surface area contributed by atoms with Crippen LogP contribution in [0.15, 0.2) is 0 Å². The third kappa shape index (κ3) is 4.14. The van der Waals surface area contributed by atoms with Gasteiger partial charge in [0.1, 0.15) is 5.78 Å². The van der Waals surface area contributed by atoms with E-state index in [1.165, 1.54) is 17.7 Å². The lowest BCUT2D eigenvalue weighted by Crippen LogP contribution is -2.37. The number of thiophene rings is 1. The lowest BCUT2D eigenvalue weighted by atomic mass is 9.84.